The minimum absolute atomic E-state index is 0.919. The van der Waals surface area contributed by atoms with Crippen LogP contribution in [0.15, 0.2) is 48.5 Å². The maximum Gasteiger partial charge on any atom is 0.118 e. The molecule has 0 spiro atoms. The Labute approximate surface area is 160 Å². The molecule has 2 nitrogen and oxygen atoms in total. The van der Waals surface area contributed by atoms with Gasteiger partial charge in [-0.2, -0.15) is 0 Å². The summed E-state index contributed by atoms with van der Waals surface area (Å²) in [5.41, 5.74) is 3.96. The van der Waals surface area contributed by atoms with Crippen LogP contribution in [0.5, 0.6) is 5.75 Å². The number of methoxy groups -OCH3 is 1. The summed E-state index contributed by atoms with van der Waals surface area (Å²) in [6, 6.07) is 17.4. The lowest BCUT2D eigenvalue weighted by Gasteiger charge is -2.25. The topological polar surface area (TPSA) is 12.5 Å². The van der Waals surface area contributed by atoms with E-state index in [1.54, 1.807) is 7.11 Å². The normalized spacial score (nSPS) is 10.7. The van der Waals surface area contributed by atoms with Gasteiger partial charge in [0.05, 0.1) is 7.11 Å². The number of ether oxygens (including phenoxy) is 1. The van der Waals surface area contributed by atoms with Gasteiger partial charge in [-0.1, -0.05) is 75.3 Å². The number of hydrogen-bond acceptors (Lipinski definition) is 2. The van der Waals surface area contributed by atoms with Gasteiger partial charge < -0.3 is 9.64 Å². The van der Waals surface area contributed by atoms with Crippen LogP contribution in [-0.4, -0.2) is 13.7 Å². The Morgan fingerprint density at radius 1 is 0.769 bits per heavy atom. The average Bonchev–Trinajstić information content (AvgIpc) is 2.67. The summed E-state index contributed by atoms with van der Waals surface area (Å²) >= 11 is 0. The van der Waals surface area contributed by atoms with Gasteiger partial charge in [-0.25, -0.2) is 0 Å². The third-order valence-electron chi connectivity index (χ3n) is 4.96. The van der Waals surface area contributed by atoms with Crippen LogP contribution in [0.2, 0.25) is 0 Å². The molecule has 142 valence electrons. The molecule has 0 aliphatic heterocycles. The maximum atomic E-state index is 5.28. The van der Waals surface area contributed by atoms with Crippen LogP contribution >= 0.6 is 0 Å². The summed E-state index contributed by atoms with van der Waals surface area (Å²) in [6.07, 6.45) is 9.44. The largest absolute Gasteiger partial charge is 0.497 e. The van der Waals surface area contributed by atoms with Crippen molar-refractivity contribution < 1.29 is 4.74 Å². The highest BCUT2D eigenvalue weighted by atomic mass is 16.5. The van der Waals surface area contributed by atoms with Crippen molar-refractivity contribution in [1.82, 2.24) is 0 Å². The monoisotopic (exact) mass is 353 g/mol. The second-order valence-corrected chi connectivity index (χ2v) is 7.23. The molecule has 0 heterocycles. The fourth-order valence-electron chi connectivity index (χ4n) is 3.27. The molecule has 0 radical (unpaired) electrons. The van der Waals surface area contributed by atoms with Crippen molar-refractivity contribution in [3.63, 3.8) is 0 Å². The molecule has 0 N–H and O–H groups in total. The molecule has 0 atom stereocenters. The number of anilines is 1. The van der Waals surface area contributed by atoms with E-state index in [9.17, 15) is 0 Å². The first kappa shape index (κ1) is 20.4. The van der Waals surface area contributed by atoms with E-state index in [0.29, 0.717) is 0 Å². The van der Waals surface area contributed by atoms with Crippen molar-refractivity contribution in [2.75, 3.05) is 18.6 Å². The molecule has 0 aromatic heterocycles. The lowest BCUT2D eigenvalue weighted by Crippen LogP contribution is -2.23. The van der Waals surface area contributed by atoms with E-state index in [1.165, 1.54) is 61.8 Å². The third kappa shape index (κ3) is 7.11. The van der Waals surface area contributed by atoms with Gasteiger partial charge in [0.1, 0.15) is 5.75 Å². The summed E-state index contributed by atoms with van der Waals surface area (Å²) in [6.45, 7) is 6.48. The van der Waals surface area contributed by atoms with Gasteiger partial charge in [-0.3, -0.25) is 0 Å². The van der Waals surface area contributed by atoms with E-state index in [4.69, 9.17) is 4.74 Å². The molecule has 0 aliphatic rings. The van der Waals surface area contributed by atoms with Crippen molar-refractivity contribution in [2.24, 2.45) is 0 Å². The Morgan fingerprint density at radius 3 is 2.00 bits per heavy atom. The van der Waals surface area contributed by atoms with E-state index in [-0.39, 0.29) is 0 Å². The van der Waals surface area contributed by atoms with E-state index in [0.717, 1.165) is 18.8 Å². The number of aryl methyl sites for hydroxylation is 1. The zero-order chi connectivity index (χ0) is 18.6. The first-order valence-electron chi connectivity index (χ1n) is 10.2. The summed E-state index contributed by atoms with van der Waals surface area (Å²) in [5.74, 6) is 0.919. The maximum absolute atomic E-state index is 5.28. The third-order valence-corrected chi connectivity index (χ3v) is 4.96. The zero-order valence-corrected chi connectivity index (χ0v) is 16.8. The summed E-state index contributed by atoms with van der Waals surface area (Å²) in [7, 11) is 1.72. The summed E-state index contributed by atoms with van der Waals surface area (Å²) in [4.78, 5) is 2.51. The number of rotatable bonds is 12. The number of unbranched alkanes of at least 4 members (excludes halogenated alkanes) is 6. The predicted octanol–water partition coefficient (Wildman–Crippen LogP) is 6.76. The van der Waals surface area contributed by atoms with Crippen LogP contribution < -0.4 is 9.64 Å². The van der Waals surface area contributed by atoms with E-state index in [1.807, 2.05) is 0 Å². The minimum atomic E-state index is 0.919. The van der Waals surface area contributed by atoms with Crippen molar-refractivity contribution in [3.05, 3.63) is 59.7 Å². The van der Waals surface area contributed by atoms with Crippen LogP contribution in [0.1, 0.15) is 63.0 Å². The molecule has 0 amide bonds. The van der Waals surface area contributed by atoms with Crippen LogP contribution in [0.3, 0.4) is 0 Å². The highest BCUT2D eigenvalue weighted by molar-refractivity contribution is 5.48. The van der Waals surface area contributed by atoms with Crippen molar-refractivity contribution in [2.45, 2.75) is 65.3 Å². The first-order chi connectivity index (χ1) is 12.7. The molecule has 2 heteroatoms. The molecule has 0 saturated heterocycles. The quantitative estimate of drug-likeness (QED) is 0.391. The Morgan fingerprint density at radius 2 is 1.38 bits per heavy atom. The van der Waals surface area contributed by atoms with Gasteiger partial charge in [-0.05, 0) is 43.2 Å². The smallest absolute Gasteiger partial charge is 0.118 e. The minimum Gasteiger partial charge on any atom is -0.497 e. The highest BCUT2D eigenvalue weighted by Gasteiger charge is 2.08. The van der Waals surface area contributed by atoms with Crippen molar-refractivity contribution in [1.29, 1.82) is 0 Å². The molecule has 26 heavy (non-hydrogen) atoms. The van der Waals surface area contributed by atoms with Crippen LogP contribution in [0, 0.1) is 6.92 Å². The summed E-state index contributed by atoms with van der Waals surface area (Å²) in [5, 5.41) is 0. The Balaban J connectivity index is 1.91. The Kier molecular flexibility index (Phi) is 9.09. The number of hydrogen-bond donors (Lipinski definition) is 0. The van der Waals surface area contributed by atoms with E-state index >= 15 is 0 Å². The second kappa shape index (κ2) is 11.6. The lowest BCUT2D eigenvalue weighted by atomic mass is 10.1. The van der Waals surface area contributed by atoms with Gasteiger partial charge >= 0.3 is 0 Å². The first-order valence-corrected chi connectivity index (χ1v) is 10.2. The standard InChI is InChI=1S/C24H35NO/c1-4-5-6-7-8-9-10-19-25(23-15-11-21(2)12-16-23)20-22-13-17-24(26-3)18-14-22/h11-18H,4-10,19-20H2,1-3H3. The Bertz CT molecular complexity index is 603. The van der Waals surface area contributed by atoms with Crippen molar-refractivity contribution >= 4 is 5.69 Å². The molecular formula is C24H35NO. The predicted molar refractivity (Wildman–Crippen MR) is 113 cm³/mol. The fourth-order valence-corrected chi connectivity index (χ4v) is 3.27. The molecular weight excluding hydrogens is 318 g/mol. The summed E-state index contributed by atoms with van der Waals surface area (Å²) < 4.78 is 5.28. The number of benzene rings is 2. The van der Waals surface area contributed by atoms with Crippen molar-refractivity contribution in [3.8, 4) is 5.75 Å². The molecule has 0 fully saturated rings. The SMILES string of the molecule is CCCCCCCCCN(Cc1ccc(OC)cc1)c1ccc(C)cc1. The van der Waals surface area contributed by atoms with E-state index in [2.05, 4.69) is 67.3 Å². The highest BCUT2D eigenvalue weighted by Crippen LogP contribution is 2.21. The van der Waals surface area contributed by atoms with E-state index < -0.39 is 0 Å². The molecule has 2 aromatic carbocycles. The molecule has 2 aromatic rings. The Hall–Kier alpha value is -1.96. The second-order valence-electron chi connectivity index (χ2n) is 7.23. The molecule has 0 unspecified atom stereocenters. The average molecular weight is 354 g/mol. The zero-order valence-electron chi connectivity index (χ0n) is 16.8. The fraction of sp³-hybridized carbons (Fsp3) is 0.500. The van der Waals surface area contributed by atoms with Gasteiger partial charge in [-0.15, -0.1) is 0 Å². The molecule has 0 bridgehead atoms. The molecule has 2 rings (SSSR count). The molecule has 0 aliphatic carbocycles. The van der Waals surface area contributed by atoms with Gasteiger partial charge in [0.2, 0.25) is 0 Å². The van der Waals surface area contributed by atoms with Crippen LogP contribution in [-0.2, 0) is 6.54 Å². The van der Waals surface area contributed by atoms with Gasteiger partial charge in [0, 0.05) is 18.8 Å². The lowest BCUT2D eigenvalue weighted by molar-refractivity contribution is 0.414. The number of nitrogens with zero attached hydrogens (tertiary/aromatic N) is 1. The van der Waals surface area contributed by atoms with Gasteiger partial charge in [0.25, 0.3) is 0 Å². The molecule has 0 saturated carbocycles. The van der Waals surface area contributed by atoms with Crippen LogP contribution in [0.4, 0.5) is 5.69 Å². The van der Waals surface area contributed by atoms with Crippen LogP contribution in [0.25, 0.3) is 0 Å². The van der Waals surface area contributed by atoms with Gasteiger partial charge in [0.15, 0.2) is 0 Å².